The van der Waals surface area contributed by atoms with Crippen molar-refractivity contribution in [1.82, 2.24) is 14.0 Å². The van der Waals surface area contributed by atoms with Gasteiger partial charge in [0.25, 0.3) is 5.56 Å². The van der Waals surface area contributed by atoms with Crippen LogP contribution < -0.4 is 10.9 Å². The number of anilines is 1. The third-order valence-electron chi connectivity index (χ3n) is 4.24. The van der Waals surface area contributed by atoms with Crippen LogP contribution >= 0.6 is 22.9 Å². The molecule has 4 aromatic rings. The number of benzene rings is 1. The number of carbonyl (C=O) groups is 1. The maximum atomic E-state index is 12.9. The zero-order chi connectivity index (χ0) is 21.5. The first kappa shape index (κ1) is 20.2. The zero-order valence-electron chi connectivity index (χ0n) is 15.0. The molecule has 0 bridgehead atoms. The predicted molar refractivity (Wildman–Crippen MR) is 108 cm³/mol. The van der Waals surface area contributed by atoms with E-state index in [1.54, 1.807) is 24.3 Å². The first-order chi connectivity index (χ1) is 14.2. The van der Waals surface area contributed by atoms with Crippen LogP contribution in [0.15, 0.2) is 59.1 Å². The van der Waals surface area contributed by atoms with Gasteiger partial charge in [0.05, 0.1) is 11.3 Å². The van der Waals surface area contributed by atoms with Crippen molar-refractivity contribution in [3.8, 4) is 11.3 Å². The van der Waals surface area contributed by atoms with E-state index in [-0.39, 0.29) is 0 Å². The van der Waals surface area contributed by atoms with Crippen molar-refractivity contribution in [2.24, 2.45) is 0 Å². The average Bonchev–Trinajstić information content (AvgIpc) is 3.27. The number of halogens is 4. The Morgan fingerprint density at radius 3 is 2.60 bits per heavy atom. The van der Waals surface area contributed by atoms with Crippen molar-refractivity contribution < 1.29 is 18.0 Å². The monoisotopic (exact) mass is 452 g/mol. The molecule has 0 aliphatic carbocycles. The second-order valence-corrected chi connectivity index (χ2v) is 7.63. The molecule has 0 aliphatic rings. The summed E-state index contributed by atoms with van der Waals surface area (Å²) in [6, 6.07) is 7.34. The summed E-state index contributed by atoms with van der Waals surface area (Å²) in [5, 5.41) is 3.86. The summed E-state index contributed by atoms with van der Waals surface area (Å²) in [5.74, 6) is -0.664. The summed E-state index contributed by atoms with van der Waals surface area (Å²) in [4.78, 5) is 29.5. The van der Waals surface area contributed by atoms with Crippen LogP contribution in [0.3, 0.4) is 0 Å². The van der Waals surface area contributed by atoms with Crippen molar-refractivity contribution in [3.05, 3.63) is 75.2 Å². The van der Waals surface area contributed by atoms with Crippen molar-refractivity contribution >= 4 is 39.5 Å². The lowest BCUT2D eigenvalue weighted by molar-refractivity contribution is -0.138. The van der Waals surface area contributed by atoms with Gasteiger partial charge in [0, 0.05) is 35.2 Å². The van der Waals surface area contributed by atoms with Gasteiger partial charge in [-0.1, -0.05) is 23.7 Å². The second-order valence-electron chi connectivity index (χ2n) is 6.35. The minimum Gasteiger partial charge on any atom is -0.325 e. The highest BCUT2D eigenvalue weighted by molar-refractivity contribution is 7.15. The van der Waals surface area contributed by atoms with Gasteiger partial charge in [-0.3, -0.25) is 14.0 Å². The number of hydrogen-bond donors (Lipinski definition) is 1. The molecule has 0 saturated heterocycles. The molecule has 11 heteroatoms. The number of alkyl halides is 3. The number of fused-ring (bicyclic) bond motifs is 1. The van der Waals surface area contributed by atoms with E-state index in [2.05, 4.69) is 10.3 Å². The summed E-state index contributed by atoms with van der Waals surface area (Å²) in [7, 11) is 0. The van der Waals surface area contributed by atoms with E-state index >= 15 is 0 Å². The summed E-state index contributed by atoms with van der Waals surface area (Å²) < 4.78 is 41.3. The third kappa shape index (κ3) is 4.10. The van der Waals surface area contributed by atoms with E-state index in [4.69, 9.17) is 11.6 Å². The molecule has 0 spiro atoms. The lowest BCUT2D eigenvalue weighted by Gasteiger charge is -2.12. The molecule has 0 radical (unpaired) electrons. The molecule has 3 heterocycles. The molecule has 3 aromatic heterocycles. The Labute approximate surface area is 176 Å². The molecule has 1 amide bonds. The molecule has 1 aromatic carbocycles. The minimum absolute atomic E-state index is 0.427. The van der Waals surface area contributed by atoms with Crippen LogP contribution in [0.25, 0.3) is 16.2 Å². The van der Waals surface area contributed by atoms with E-state index in [1.807, 2.05) is 22.2 Å². The Hall–Kier alpha value is -3.11. The van der Waals surface area contributed by atoms with Gasteiger partial charge in [-0.25, -0.2) is 4.98 Å². The summed E-state index contributed by atoms with van der Waals surface area (Å²) in [6.07, 6.45) is -0.343. The number of nitrogens with one attached hydrogen (secondary N) is 1. The van der Waals surface area contributed by atoms with Gasteiger partial charge in [0.15, 0.2) is 4.96 Å². The molecule has 30 heavy (non-hydrogen) atoms. The van der Waals surface area contributed by atoms with E-state index in [0.717, 1.165) is 16.2 Å². The van der Waals surface area contributed by atoms with Crippen LogP contribution in [0.2, 0.25) is 5.02 Å². The molecular formula is C19H12ClF3N4O2S. The number of hydrogen-bond acceptors (Lipinski definition) is 4. The van der Waals surface area contributed by atoms with E-state index < -0.39 is 34.8 Å². The lowest BCUT2D eigenvalue weighted by atomic mass is 10.1. The number of pyridine rings is 1. The number of rotatable bonds is 4. The van der Waals surface area contributed by atoms with Crippen LogP contribution in [-0.4, -0.2) is 19.9 Å². The predicted octanol–water partition coefficient (Wildman–Crippen LogP) is 4.54. The van der Waals surface area contributed by atoms with Crippen molar-refractivity contribution in [2.45, 2.75) is 12.7 Å². The van der Waals surface area contributed by atoms with Gasteiger partial charge in [0.1, 0.15) is 11.6 Å². The fourth-order valence-electron chi connectivity index (χ4n) is 2.82. The second kappa shape index (κ2) is 7.62. The Kier molecular flexibility index (Phi) is 5.12. The number of amides is 1. The highest BCUT2D eigenvalue weighted by atomic mass is 35.5. The third-order valence-corrected chi connectivity index (χ3v) is 5.28. The van der Waals surface area contributed by atoms with Crippen molar-refractivity contribution in [1.29, 1.82) is 0 Å². The number of thiazole rings is 1. The maximum absolute atomic E-state index is 12.9. The van der Waals surface area contributed by atoms with E-state index in [9.17, 15) is 22.8 Å². The summed E-state index contributed by atoms with van der Waals surface area (Å²) in [5.41, 5.74) is 0.0460. The fourth-order valence-corrected chi connectivity index (χ4v) is 3.74. The van der Waals surface area contributed by atoms with Crippen LogP contribution in [0, 0.1) is 0 Å². The zero-order valence-corrected chi connectivity index (χ0v) is 16.6. The quantitative estimate of drug-likeness (QED) is 0.494. The smallest absolute Gasteiger partial charge is 0.325 e. The van der Waals surface area contributed by atoms with Crippen LogP contribution in [0.4, 0.5) is 18.9 Å². The molecule has 0 unspecified atom stereocenters. The van der Waals surface area contributed by atoms with Gasteiger partial charge >= 0.3 is 6.18 Å². The van der Waals surface area contributed by atoms with Crippen molar-refractivity contribution in [3.63, 3.8) is 0 Å². The fraction of sp³-hybridized carbons (Fsp3) is 0.105. The van der Waals surface area contributed by atoms with E-state index in [1.165, 1.54) is 11.3 Å². The Balaban J connectivity index is 1.48. The standard InChI is InChI=1S/C19H12ClF3N4O2S/c20-14-7-12(19(21,22)23)8-27(17(14)29)10-16(28)24-13-3-1-11(2-4-13)15-9-26-5-6-30-18(26)25-15/h1-9H,10H2,(H,24,28). The molecule has 0 aliphatic heterocycles. The Morgan fingerprint density at radius 2 is 1.93 bits per heavy atom. The lowest BCUT2D eigenvalue weighted by Crippen LogP contribution is -2.29. The van der Waals surface area contributed by atoms with Gasteiger partial charge in [0.2, 0.25) is 5.91 Å². The highest BCUT2D eigenvalue weighted by Gasteiger charge is 2.32. The number of carbonyl (C=O) groups excluding carboxylic acids is 1. The molecule has 4 rings (SSSR count). The Bertz CT molecular complexity index is 1260. The SMILES string of the molecule is O=C(Cn1cc(C(F)(F)F)cc(Cl)c1=O)Nc1ccc(-c2cn3ccsc3n2)cc1. The van der Waals surface area contributed by atoms with E-state index in [0.29, 0.717) is 22.5 Å². The molecule has 154 valence electrons. The van der Waals surface area contributed by atoms with Gasteiger partial charge < -0.3 is 9.88 Å². The molecule has 0 atom stereocenters. The van der Waals surface area contributed by atoms with Crippen molar-refractivity contribution in [2.75, 3.05) is 5.32 Å². The first-order valence-electron chi connectivity index (χ1n) is 8.50. The summed E-state index contributed by atoms with van der Waals surface area (Å²) >= 11 is 7.10. The highest BCUT2D eigenvalue weighted by Crippen LogP contribution is 2.29. The molecule has 6 nitrogen and oxygen atoms in total. The van der Waals surface area contributed by atoms with Gasteiger partial charge in [-0.15, -0.1) is 11.3 Å². The van der Waals surface area contributed by atoms with Crippen LogP contribution in [-0.2, 0) is 17.5 Å². The largest absolute Gasteiger partial charge is 0.417 e. The normalized spacial score (nSPS) is 11.7. The minimum atomic E-state index is -4.69. The molecule has 0 fully saturated rings. The molecular weight excluding hydrogens is 441 g/mol. The molecule has 1 N–H and O–H groups in total. The molecule has 0 saturated carbocycles. The number of nitrogens with zero attached hydrogens (tertiary/aromatic N) is 3. The average molecular weight is 453 g/mol. The topological polar surface area (TPSA) is 68.4 Å². The number of imidazole rings is 1. The maximum Gasteiger partial charge on any atom is 0.417 e. The van der Waals surface area contributed by atoms with Gasteiger partial charge in [-0.2, -0.15) is 13.2 Å². The van der Waals surface area contributed by atoms with Crippen LogP contribution in [0.1, 0.15) is 5.56 Å². The Morgan fingerprint density at radius 1 is 1.20 bits per heavy atom. The van der Waals surface area contributed by atoms with Crippen LogP contribution in [0.5, 0.6) is 0 Å². The first-order valence-corrected chi connectivity index (χ1v) is 9.76. The van der Waals surface area contributed by atoms with Gasteiger partial charge in [-0.05, 0) is 18.2 Å². The summed E-state index contributed by atoms with van der Waals surface area (Å²) in [6.45, 7) is -0.610. The number of aromatic nitrogens is 3.